The van der Waals surface area contributed by atoms with Gasteiger partial charge in [-0.3, -0.25) is 4.79 Å². The number of nitrogens with zero attached hydrogens (tertiary/aromatic N) is 4. The molecule has 1 atom stereocenters. The molecule has 2 fully saturated rings. The van der Waals surface area contributed by atoms with Gasteiger partial charge in [-0.25, -0.2) is 4.98 Å². The maximum Gasteiger partial charge on any atom is 0.224 e. The number of fused-ring (bicyclic) bond motifs is 1. The molecule has 2 aliphatic rings. The van der Waals surface area contributed by atoms with Gasteiger partial charge in [0.25, 0.3) is 0 Å². The van der Waals surface area contributed by atoms with Crippen molar-refractivity contribution in [2.75, 3.05) is 32.7 Å². The van der Waals surface area contributed by atoms with Crippen LogP contribution in [0, 0.1) is 10.8 Å². The van der Waals surface area contributed by atoms with E-state index in [0.717, 1.165) is 43.6 Å². The number of piperidine rings is 1. The van der Waals surface area contributed by atoms with Gasteiger partial charge in [-0.15, -0.1) is 0 Å². The predicted molar refractivity (Wildman–Crippen MR) is 113 cm³/mol. The maximum absolute atomic E-state index is 12.9. The Morgan fingerprint density at radius 1 is 1.14 bits per heavy atom. The van der Waals surface area contributed by atoms with Crippen LogP contribution in [-0.4, -0.2) is 58.0 Å². The van der Waals surface area contributed by atoms with Gasteiger partial charge in [0.05, 0.1) is 17.4 Å². The van der Waals surface area contributed by atoms with Gasteiger partial charge in [-0.2, -0.15) is 0 Å². The largest absolute Gasteiger partial charge is 0.342 e. The number of likely N-dealkylation sites (tertiary alicyclic amines) is 2. The van der Waals surface area contributed by atoms with E-state index in [1.807, 2.05) is 24.5 Å². The maximum atomic E-state index is 12.9. The summed E-state index contributed by atoms with van der Waals surface area (Å²) in [7, 11) is 0. The SMILES string of the molecule is CC(C)(C)CN1CCCC2(CCN(C(=O)CCn3cnc4ccccc43)C2)C1. The van der Waals surface area contributed by atoms with E-state index in [-0.39, 0.29) is 0 Å². The summed E-state index contributed by atoms with van der Waals surface area (Å²) in [5.41, 5.74) is 2.76. The van der Waals surface area contributed by atoms with Gasteiger partial charge in [-0.05, 0) is 43.4 Å². The summed E-state index contributed by atoms with van der Waals surface area (Å²) in [5, 5.41) is 0. The highest BCUT2D eigenvalue weighted by Crippen LogP contribution is 2.39. The quantitative estimate of drug-likeness (QED) is 0.808. The summed E-state index contributed by atoms with van der Waals surface area (Å²) in [4.78, 5) is 22.1. The van der Waals surface area contributed by atoms with Crippen LogP contribution in [0.5, 0.6) is 0 Å². The molecular weight excluding hydrogens is 348 g/mol. The fourth-order valence-corrected chi connectivity index (χ4v) is 5.16. The highest BCUT2D eigenvalue weighted by molar-refractivity contribution is 5.78. The lowest BCUT2D eigenvalue weighted by Gasteiger charge is -2.42. The molecule has 3 heterocycles. The number of imidazole rings is 1. The number of amides is 1. The minimum atomic E-state index is 0.294. The first-order valence-electron chi connectivity index (χ1n) is 10.7. The number of aromatic nitrogens is 2. The van der Waals surface area contributed by atoms with E-state index in [2.05, 4.69) is 46.2 Å². The Balaban J connectivity index is 1.34. The Morgan fingerprint density at radius 2 is 1.96 bits per heavy atom. The van der Waals surface area contributed by atoms with Gasteiger partial charge < -0.3 is 14.4 Å². The Bertz CT molecular complexity index is 836. The Kier molecular flexibility index (Phi) is 5.21. The van der Waals surface area contributed by atoms with Crippen LogP contribution in [0.15, 0.2) is 30.6 Å². The number of benzene rings is 1. The molecule has 1 aromatic heterocycles. The zero-order chi connectivity index (χ0) is 19.8. The second-order valence-electron chi connectivity index (χ2n) is 10.1. The molecule has 0 N–H and O–H groups in total. The van der Waals surface area contributed by atoms with Crippen LogP contribution in [0.3, 0.4) is 0 Å². The van der Waals surface area contributed by atoms with E-state index in [1.165, 1.54) is 19.4 Å². The van der Waals surface area contributed by atoms with Crippen LogP contribution >= 0.6 is 0 Å². The number of rotatable bonds is 4. The lowest BCUT2D eigenvalue weighted by atomic mass is 9.78. The molecule has 4 rings (SSSR count). The van der Waals surface area contributed by atoms with Gasteiger partial charge >= 0.3 is 0 Å². The minimum Gasteiger partial charge on any atom is -0.342 e. The van der Waals surface area contributed by atoms with E-state index < -0.39 is 0 Å². The van der Waals surface area contributed by atoms with Crippen molar-refractivity contribution in [3.8, 4) is 0 Å². The summed E-state index contributed by atoms with van der Waals surface area (Å²) >= 11 is 0. The highest BCUT2D eigenvalue weighted by atomic mass is 16.2. The van der Waals surface area contributed by atoms with Gasteiger partial charge in [-0.1, -0.05) is 32.9 Å². The second-order valence-corrected chi connectivity index (χ2v) is 10.1. The molecule has 5 nitrogen and oxygen atoms in total. The average molecular weight is 383 g/mol. The molecule has 0 radical (unpaired) electrons. The zero-order valence-electron chi connectivity index (χ0n) is 17.7. The molecular formula is C23H34N4O. The van der Waals surface area contributed by atoms with Crippen LogP contribution in [0.2, 0.25) is 0 Å². The van der Waals surface area contributed by atoms with Crippen LogP contribution in [0.4, 0.5) is 0 Å². The van der Waals surface area contributed by atoms with Crippen molar-refractivity contribution in [2.45, 2.75) is 53.0 Å². The van der Waals surface area contributed by atoms with E-state index in [0.29, 0.717) is 29.7 Å². The number of hydrogen-bond acceptors (Lipinski definition) is 3. The third-order valence-electron chi connectivity index (χ3n) is 6.32. The first-order chi connectivity index (χ1) is 13.3. The normalized spacial score (nSPS) is 23.8. The first kappa shape index (κ1) is 19.4. The molecule has 1 aromatic carbocycles. The molecule has 1 amide bonds. The molecule has 1 spiro atoms. The Hall–Kier alpha value is -1.88. The number of para-hydroxylation sites is 2. The molecule has 2 aliphatic heterocycles. The van der Waals surface area contributed by atoms with E-state index in [1.54, 1.807) is 0 Å². The van der Waals surface area contributed by atoms with Gasteiger partial charge in [0, 0.05) is 44.6 Å². The molecule has 0 bridgehead atoms. The smallest absolute Gasteiger partial charge is 0.224 e. The van der Waals surface area contributed by atoms with Crippen molar-refractivity contribution in [3.05, 3.63) is 30.6 Å². The lowest BCUT2D eigenvalue weighted by molar-refractivity contribution is -0.131. The van der Waals surface area contributed by atoms with Crippen molar-refractivity contribution >= 4 is 16.9 Å². The monoisotopic (exact) mass is 382 g/mol. The van der Waals surface area contributed by atoms with Crippen molar-refractivity contribution in [2.24, 2.45) is 10.8 Å². The molecule has 5 heteroatoms. The third-order valence-corrected chi connectivity index (χ3v) is 6.32. The molecule has 0 saturated carbocycles. The van der Waals surface area contributed by atoms with E-state index in [9.17, 15) is 4.79 Å². The van der Waals surface area contributed by atoms with Gasteiger partial charge in [0.1, 0.15) is 0 Å². The summed E-state index contributed by atoms with van der Waals surface area (Å²) in [6.07, 6.45) is 6.10. The number of aryl methyl sites for hydroxylation is 1. The number of carbonyl (C=O) groups is 1. The average Bonchev–Trinajstić information content (AvgIpc) is 3.23. The second kappa shape index (κ2) is 7.51. The molecule has 2 aromatic rings. The van der Waals surface area contributed by atoms with E-state index >= 15 is 0 Å². The predicted octanol–water partition coefficient (Wildman–Crippen LogP) is 3.79. The minimum absolute atomic E-state index is 0.294. The third kappa shape index (κ3) is 4.24. The lowest BCUT2D eigenvalue weighted by Crippen LogP contribution is -2.47. The van der Waals surface area contributed by atoms with Crippen LogP contribution in [-0.2, 0) is 11.3 Å². The van der Waals surface area contributed by atoms with Crippen LogP contribution in [0.1, 0.15) is 46.5 Å². The van der Waals surface area contributed by atoms with E-state index in [4.69, 9.17) is 0 Å². The van der Waals surface area contributed by atoms with Crippen LogP contribution in [0.25, 0.3) is 11.0 Å². The zero-order valence-corrected chi connectivity index (χ0v) is 17.7. The Morgan fingerprint density at radius 3 is 2.79 bits per heavy atom. The van der Waals surface area contributed by atoms with Crippen molar-refractivity contribution < 1.29 is 4.79 Å². The number of carbonyl (C=O) groups excluding carboxylic acids is 1. The molecule has 2 saturated heterocycles. The summed E-state index contributed by atoms with van der Waals surface area (Å²) < 4.78 is 2.10. The number of hydrogen-bond donors (Lipinski definition) is 0. The fourth-order valence-electron chi connectivity index (χ4n) is 5.16. The first-order valence-corrected chi connectivity index (χ1v) is 10.7. The fraction of sp³-hybridized carbons (Fsp3) is 0.652. The Labute approximate surface area is 168 Å². The van der Waals surface area contributed by atoms with Crippen molar-refractivity contribution in [1.82, 2.24) is 19.4 Å². The molecule has 0 aliphatic carbocycles. The van der Waals surface area contributed by atoms with Crippen molar-refractivity contribution in [1.29, 1.82) is 0 Å². The summed E-state index contributed by atoms with van der Waals surface area (Å²) in [5.74, 6) is 0.294. The van der Waals surface area contributed by atoms with Crippen molar-refractivity contribution in [3.63, 3.8) is 0 Å². The standard InChI is InChI=1S/C23H34N4O/c1-22(2,3)15-25-12-6-10-23(16-25)11-14-26(17-23)21(28)9-13-27-18-24-19-7-4-5-8-20(19)27/h4-5,7-8,18H,6,9-17H2,1-3H3. The van der Waals surface area contributed by atoms with Crippen LogP contribution < -0.4 is 0 Å². The highest BCUT2D eigenvalue weighted by Gasteiger charge is 2.42. The molecule has 152 valence electrons. The van der Waals surface area contributed by atoms with Gasteiger partial charge in [0.2, 0.25) is 5.91 Å². The molecule has 1 unspecified atom stereocenters. The van der Waals surface area contributed by atoms with Gasteiger partial charge in [0.15, 0.2) is 0 Å². The molecule has 28 heavy (non-hydrogen) atoms. The summed E-state index contributed by atoms with van der Waals surface area (Å²) in [6.45, 7) is 13.0. The topological polar surface area (TPSA) is 41.4 Å². The summed E-state index contributed by atoms with van der Waals surface area (Å²) in [6, 6.07) is 8.12.